The van der Waals surface area contributed by atoms with Gasteiger partial charge in [-0.05, 0) is 81.3 Å². The first-order valence-electron chi connectivity index (χ1n) is 23.1. The molecule has 2 aliphatic rings. The second-order valence-corrected chi connectivity index (χ2v) is 19.3. The number of hydrogen-bond acceptors (Lipinski definition) is 12. The lowest BCUT2D eigenvalue weighted by Gasteiger charge is -2.26. The van der Waals surface area contributed by atoms with E-state index >= 15 is 0 Å². The third-order valence-corrected chi connectivity index (χ3v) is 13.2. The number of unbranched alkanes of at least 4 members (excludes halogenated alkanes) is 4. The van der Waals surface area contributed by atoms with E-state index in [1.165, 1.54) is 16.2 Å². The molecule has 1 saturated heterocycles. The zero-order chi connectivity index (χ0) is 47.7. The molecular weight excluding hydrogens is 861 g/mol. The molecule has 16 nitrogen and oxygen atoms in total. The fourth-order valence-corrected chi connectivity index (χ4v) is 9.42. The van der Waals surface area contributed by atoms with Gasteiger partial charge >= 0.3 is 12.0 Å². The van der Waals surface area contributed by atoms with Gasteiger partial charge in [-0.3, -0.25) is 14.4 Å². The molecule has 66 heavy (non-hydrogen) atoms. The van der Waals surface area contributed by atoms with Crippen molar-refractivity contribution in [1.29, 1.82) is 0 Å². The second-order valence-electron chi connectivity index (χ2n) is 18.4. The predicted octanol–water partition coefficient (Wildman–Crippen LogP) is 7.38. The van der Waals surface area contributed by atoms with Gasteiger partial charge in [-0.25, -0.2) is 19.6 Å². The number of methoxy groups -OCH3 is 1. The Balaban J connectivity index is 1.19. The molecule has 1 aliphatic carbocycles. The van der Waals surface area contributed by atoms with Crippen LogP contribution in [0.15, 0.2) is 53.9 Å². The number of anilines is 2. The molecule has 17 heteroatoms. The molecule has 356 valence electrons. The number of ether oxygens (including phenoxy) is 2. The molecular formula is C49H66N8O8S. The number of carboxylic acid groups (broad SMARTS) is 1. The van der Waals surface area contributed by atoms with Crippen molar-refractivity contribution in [3.63, 3.8) is 0 Å². The lowest BCUT2D eigenvalue weighted by atomic mass is 9.95. The SMILES string of the molecule is CCCCCCCC1C[C@]1(NC(=O)[C@@H]1CC(COc2cc(-c3csc(NC(C)C)n3)nc3cc(OC)ccc23)CN1C(=O)CNC(=O)N[C@H](C(=O)c1ccc(N(C)C)cc1)C(C)C)C(=O)O. The van der Waals surface area contributed by atoms with E-state index in [1.807, 2.05) is 88.5 Å². The smallest absolute Gasteiger partial charge is 0.329 e. The fourth-order valence-electron chi connectivity index (χ4n) is 8.57. The van der Waals surface area contributed by atoms with Crippen molar-refractivity contribution in [2.45, 2.75) is 110 Å². The van der Waals surface area contributed by atoms with Gasteiger partial charge < -0.3 is 45.6 Å². The van der Waals surface area contributed by atoms with Crippen LogP contribution < -0.4 is 35.6 Å². The summed E-state index contributed by atoms with van der Waals surface area (Å²) in [6.45, 7) is 9.62. The molecule has 2 aromatic carbocycles. The van der Waals surface area contributed by atoms with Crippen molar-refractivity contribution in [2.75, 3.05) is 51.1 Å². The van der Waals surface area contributed by atoms with Crippen molar-refractivity contribution in [3.8, 4) is 22.9 Å². The van der Waals surface area contributed by atoms with Crippen LogP contribution in [0.4, 0.5) is 15.6 Å². The summed E-state index contributed by atoms with van der Waals surface area (Å²) in [4.78, 5) is 80.9. The third-order valence-electron chi connectivity index (χ3n) is 12.4. The number of thiazole rings is 1. The Bertz CT molecular complexity index is 2350. The van der Waals surface area contributed by atoms with Gasteiger partial charge in [0.15, 0.2) is 10.9 Å². The number of carbonyl (C=O) groups excluding carboxylic acids is 4. The van der Waals surface area contributed by atoms with E-state index in [-0.39, 0.29) is 49.2 Å². The van der Waals surface area contributed by atoms with Crippen LogP contribution in [-0.2, 0) is 14.4 Å². The van der Waals surface area contributed by atoms with Gasteiger partial charge in [0.05, 0.1) is 37.5 Å². The van der Waals surface area contributed by atoms with Crippen molar-refractivity contribution >= 4 is 62.7 Å². The van der Waals surface area contributed by atoms with Gasteiger partial charge in [-0.15, -0.1) is 11.3 Å². The topological polar surface area (TPSA) is 204 Å². The number of aliphatic carboxylic acids is 1. The van der Waals surface area contributed by atoms with Gasteiger partial charge in [0.2, 0.25) is 11.8 Å². The highest BCUT2D eigenvalue weighted by atomic mass is 32.1. The second kappa shape index (κ2) is 22.0. The summed E-state index contributed by atoms with van der Waals surface area (Å²) in [6.07, 6.45) is 6.38. The fraction of sp³-hybridized carbons (Fsp3) is 0.531. The average molecular weight is 927 g/mol. The van der Waals surface area contributed by atoms with E-state index in [1.54, 1.807) is 19.2 Å². The standard InChI is InChI=1S/C49H66N8O8S/c1-9-10-11-12-13-14-33-24-49(33,46(61)62)55-45(60)40-21-31(26-57(40)42(58)25-50-47(63)54-43(29(2)3)44(59)32-15-17-34(18-16-32)56(6)7)27-65-41-23-38(39-28-66-48(53-39)51-30(4)5)52-37-22-35(64-8)19-20-36(37)41/h15-20,22-23,28-31,33,40,43H,9-14,21,24-27H2,1-8H3,(H,51,53)(H,55,60)(H,61,62)(H2,50,54,63)/t31?,33?,40-,43-,49+/m0/s1. The van der Waals surface area contributed by atoms with Crippen LogP contribution in [0, 0.1) is 17.8 Å². The summed E-state index contributed by atoms with van der Waals surface area (Å²) in [5, 5.41) is 25.4. The number of hydrogen-bond donors (Lipinski definition) is 5. The summed E-state index contributed by atoms with van der Waals surface area (Å²) in [5.41, 5.74) is 1.85. The monoisotopic (exact) mass is 926 g/mol. The maximum atomic E-state index is 14.3. The van der Waals surface area contributed by atoms with E-state index in [2.05, 4.69) is 28.2 Å². The third kappa shape index (κ3) is 12.1. The number of pyridine rings is 1. The minimum absolute atomic E-state index is 0.108. The van der Waals surface area contributed by atoms with Crippen LogP contribution in [0.1, 0.15) is 96.3 Å². The van der Waals surface area contributed by atoms with E-state index in [9.17, 15) is 29.1 Å². The van der Waals surface area contributed by atoms with Gasteiger partial charge in [0.25, 0.3) is 0 Å². The number of rotatable bonds is 23. The van der Waals surface area contributed by atoms with Crippen molar-refractivity contribution in [1.82, 2.24) is 30.8 Å². The molecule has 5 N–H and O–H groups in total. The first-order chi connectivity index (χ1) is 31.5. The van der Waals surface area contributed by atoms with Gasteiger partial charge in [0, 0.05) is 66.7 Å². The molecule has 3 heterocycles. The number of nitrogens with one attached hydrogen (secondary N) is 4. The Morgan fingerprint density at radius 2 is 1.71 bits per heavy atom. The Morgan fingerprint density at radius 1 is 0.970 bits per heavy atom. The Morgan fingerprint density at radius 3 is 2.38 bits per heavy atom. The molecule has 4 aromatic rings. The van der Waals surface area contributed by atoms with Crippen LogP contribution in [0.25, 0.3) is 22.3 Å². The predicted molar refractivity (Wildman–Crippen MR) is 258 cm³/mol. The van der Waals surface area contributed by atoms with E-state index < -0.39 is 48.0 Å². The number of carboxylic acids is 1. The molecule has 0 spiro atoms. The number of urea groups is 1. The maximum absolute atomic E-state index is 14.3. The first-order valence-corrected chi connectivity index (χ1v) is 24.0. The quantitative estimate of drug-likeness (QED) is 0.0365. The normalized spacial score (nSPS) is 19.4. The number of fused-ring (bicyclic) bond motifs is 1. The highest BCUT2D eigenvalue weighted by Gasteiger charge is 2.61. The molecule has 1 saturated carbocycles. The molecule has 4 amide bonds. The van der Waals surface area contributed by atoms with Gasteiger partial charge in [-0.2, -0.15) is 0 Å². The number of benzene rings is 2. The average Bonchev–Trinajstić information content (AvgIpc) is 3.55. The Hall–Kier alpha value is -5.97. The number of aromatic nitrogens is 2. The zero-order valence-corrected chi connectivity index (χ0v) is 40.3. The summed E-state index contributed by atoms with van der Waals surface area (Å²) in [6, 6.07) is 12.0. The zero-order valence-electron chi connectivity index (χ0n) is 39.4. The number of Topliss-reactive ketones (excluding diaryl/α,β-unsaturated/α-hetero) is 1. The largest absolute Gasteiger partial charge is 0.497 e. The van der Waals surface area contributed by atoms with Crippen molar-refractivity contribution in [2.24, 2.45) is 17.8 Å². The van der Waals surface area contributed by atoms with Crippen LogP contribution in [0.3, 0.4) is 0 Å². The van der Waals surface area contributed by atoms with Crippen molar-refractivity contribution in [3.05, 3.63) is 59.5 Å². The van der Waals surface area contributed by atoms with Gasteiger partial charge in [-0.1, -0.05) is 52.9 Å². The summed E-state index contributed by atoms with van der Waals surface area (Å²) < 4.78 is 12.0. The van der Waals surface area contributed by atoms with Crippen LogP contribution in [0.2, 0.25) is 0 Å². The van der Waals surface area contributed by atoms with Crippen molar-refractivity contribution < 1.29 is 38.6 Å². The Kier molecular flexibility index (Phi) is 16.5. The lowest BCUT2D eigenvalue weighted by molar-refractivity contribution is -0.145. The molecule has 2 fully saturated rings. The number of nitrogens with zero attached hydrogens (tertiary/aromatic N) is 4. The van der Waals surface area contributed by atoms with Crippen LogP contribution in [0.5, 0.6) is 11.5 Å². The molecule has 0 bridgehead atoms. The highest BCUT2D eigenvalue weighted by Crippen LogP contribution is 2.47. The van der Waals surface area contributed by atoms with Gasteiger partial charge in [0.1, 0.15) is 28.8 Å². The van der Waals surface area contributed by atoms with Crippen LogP contribution >= 0.6 is 11.3 Å². The maximum Gasteiger partial charge on any atom is 0.329 e. The van der Waals surface area contributed by atoms with E-state index in [0.29, 0.717) is 46.8 Å². The number of amides is 4. The molecule has 1 aliphatic heterocycles. The summed E-state index contributed by atoms with van der Waals surface area (Å²) in [7, 11) is 5.39. The van der Waals surface area contributed by atoms with E-state index in [4.69, 9.17) is 19.4 Å². The lowest BCUT2D eigenvalue weighted by Crippen LogP contribution is -2.55. The number of carbonyl (C=O) groups is 5. The molecule has 5 atom stereocenters. The number of likely N-dealkylation sites (tertiary alicyclic amines) is 1. The molecule has 6 rings (SSSR count). The number of ketones is 1. The molecule has 2 aromatic heterocycles. The van der Waals surface area contributed by atoms with Crippen LogP contribution in [-0.4, -0.2) is 114 Å². The molecule has 2 unspecified atom stereocenters. The molecule has 0 radical (unpaired) electrons. The summed E-state index contributed by atoms with van der Waals surface area (Å²) in [5.74, 6) is -2.12. The summed E-state index contributed by atoms with van der Waals surface area (Å²) >= 11 is 1.47. The minimum Gasteiger partial charge on any atom is -0.497 e. The first kappa shape index (κ1) is 49.5. The highest BCUT2D eigenvalue weighted by molar-refractivity contribution is 7.14. The Labute approximate surface area is 391 Å². The minimum atomic E-state index is -1.40. The van der Waals surface area contributed by atoms with E-state index in [0.717, 1.165) is 48.3 Å².